The van der Waals surface area contributed by atoms with Crippen LogP contribution in [0, 0.1) is 6.92 Å². The second-order valence-corrected chi connectivity index (χ2v) is 4.86. The number of rotatable bonds is 7. The minimum Gasteiger partial charge on any atom is -0.488 e. The fourth-order valence-electron chi connectivity index (χ4n) is 2.06. The lowest BCUT2D eigenvalue weighted by Gasteiger charge is -2.15. The Bertz CT molecular complexity index is 679. The highest BCUT2D eigenvalue weighted by Crippen LogP contribution is 2.31. The first kappa shape index (κ1) is 16.5. The van der Waals surface area contributed by atoms with Crippen LogP contribution in [0.15, 0.2) is 42.5 Å². The van der Waals surface area contributed by atoms with Crippen LogP contribution in [0.25, 0.3) is 0 Å². The molecule has 0 atom stereocenters. The first-order valence-corrected chi connectivity index (χ1v) is 7.10. The van der Waals surface area contributed by atoms with Crippen molar-refractivity contribution in [2.24, 2.45) is 0 Å². The largest absolute Gasteiger partial charge is 0.488 e. The van der Waals surface area contributed by atoms with Gasteiger partial charge in [-0.05, 0) is 24.6 Å². The monoisotopic (exact) mass is 314 g/mol. The normalized spacial score (nSPS) is 10.0. The number of methoxy groups -OCH3 is 1. The van der Waals surface area contributed by atoms with Crippen molar-refractivity contribution in [1.29, 1.82) is 0 Å². The molecule has 5 nitrogen and oxygen atoms in total. The van der Waals surface area contributed by atoms with E-state index in [0.29, 0.717) is 35.5 Å². The van der Waals surface area contributed by atoms with E-state index < -0.39 is 5.97 Å². The zero-order valence-electron chi connectivity index (χ0n) is 13.1. The van der Waals surface area contributed by atoms with E-state index in [9.17, 15) is 9.59 Å². The fraction of sp³-hybridized carbons (Fsp3) is 0.222. The molecular weight excluding hydrogens is 296 g/mol. The zero-order chi connectivity index (χ0) is 16.7. The van der Waals surface area contributed by atoms with Gasteiger partial charge in [-0.15, -0.1) is 0 Å². The van der Waals surface area contributed by atoms with Crippen LogP contribution >= 0.6 is 0 Å². The van der Waals surface area contributed by atoms with Crippen LogP contribution < -0.4 is 9.47 Å². The molecule has 0 aliphatic rings. The van der Waals surface area contributed by atoms with Gasteiger partial charge in [-0.1, -0.05) is 30.3 Å². The summed E-state index contributed by atoms with van der Waals surface area (Å²) in [6.45, 7) is 1.92. The molecule has 120 valence electrons. The quantitative estimate of drug-likeness (QED) is 0.581. The van der Waals surface area contributed by atoms with Crippen LogP contribution in [0.4, 0.5) is 0 Å². The van der Waals surface area contributed by atoms with E-state index >= 15 is 0 Å². The van der Waals surface area contributed by atoms with E-state index in [0.717, 1.165) is 5.56 Å². The standard InChI is InChI=1S/C18H18O5/c1-13-16(22-11-14-6-4-3-5-7-14)9-8-15(10-19)18(13)23-12-17(20)21-2/h3-10H,11-12H2,1-2H3. The maximum Gasteiger partial charge on any atom is 0.343 e. The summed E-state index contributed by atoms with van der Waals surface area (Å²) in [5.74, 6) is 0.409. The van der Waals surface area contributed by atoms with Gasteiger partial charge in [0.05, 0.1) is 12.7 Å². The van der Waals surface area contributed by atoms with Gasteiger partial charge in [0.15, 0.2) is 12.9 Å². The minimum atomic E-state index is -0.517. The summed E-state index contributed by atoms with van der Waals surface area (Å²) in [7, 11) is 1.28. The maximum atomic E-state index is 11.2. The Kier molecular flexibility index (Phi) is 5.74. The van der Waals surface area contributed by atoms with Crippen molar-refractivity contribution in [3.63, 3.8) is 0 Å². The molecule has 0 heterocycles. The van der Waals surface area contributed by atoms with Gasteiger partial charge in [-0.3, -0.25) is 4.79 Å². The number of carbonyl (C=O) groups is 2. The molecule has 2 aromatic rings. The van der Waals surface area contributed by atoms with Crippen molar-refractivity contribution in [3.05, 3.63) is 59.2 Å². The number of esters is 1. The van der Waals surface area contributed by atoms with Gasteiger partial charge >= 0.3 is 5.97 Å². The molecule has 0 unspecified atom stereocenters. The molecule has 0 spiro atoms. The third-order valence-corrected chi connectivity index (χ3v) is 3.31. The lowest BCUT2D eigenvalue weighted by molar-refractivity contribution is -0.142. The van der Waals surface area contributed by atoms with Crippen LogP contribution in [0.1, 0.15) is 21.5 Å². The molecule has 0 aromatic heterocycles. The van der Waals surface area contributed by atoms with Gasteiger partial charge in [-0.2, -0.15) is 0 Å². The lowest BCUT2D eigenvalue weighted by Crippen LogP contribution is -2.14. The Hall–Kier alpha value is -2.82. The molecule has 0 N–H and O–H groups in total. The Morgan fingerprint density at radius 3 is 2.48 bits per heavy atom. The van der Waals surface area contributed by atoms with E-state index in [-0.39, 0.29) is 6.61 Å². The van der Waals surface area contributed by atoms with Crippen molar-refractivity contribution in [2.45, 2.75) is 13.5 Å². The van der Waals surface area contributed by atoms with Gasteiger partial charge in [0, 0.05) is 5.56 Å². The fourth-order valence-corrected chi connectivity index (χ4v) is 2.06. The predicted octanol–water partition coefficient (Wildman–Crippen LogP) is 2.94. The molecule has 2 rings (SSSR count). The van der Waals surface area contributed by atoms with E-state index in [1.54, 1.807) is 19.1 Å². The van der Waals surface area contributed by atoms with E-state index in [2.05, 4.69) is 4.74 Å². The molecular formula is C18H18O5. The van der Waals surface area contributed by atoms with Crippen molar-refractivity contribution >= 4 is 12.3 Å². The highest BCUT2D eigenvalue weighted by Gasteiger charge is 2.14. The summed E-state index contributed by atoms with van der Waals surface area (Å²) in [4.78, 5) is 22.4. The second-order valence-electron chi connectivity index (χ2n) is 4.86. The van der Waals surface area contributed by atoms with Gasteiger partial charge in [-0.25, -0.2) is 4.79 Å². The lowest BCUT2D eigenvalue weighted by atomic mass is 10.1. The molecule has 0 aliphatic carbocycles. The Labute approximate surface area is 134 Å². The van der Waals surface area contributed by atoms with Crippen molar-refractivity contribution in [1.82, 2.24) is 0 Å². The van der Waals surface area contributed by atoms with Crippen LogP contribution in [0.3, 0.4) is 0 Å². The highest BCUT2D eigenvalue weighted by atomic mass is 16.6. The van der Waals surface area contributed by atoms with E-state index in [1.807, 2.05) is 30.3 Å². The molecule has 2 aromatic carbocycles. The van der Waals surface area contributed by atoms with Gasteiger partial charge in [0.1, 0.15) is 18.1 Å². The molecule has 0 saturated carbocycles. The Morgan fingerprint density at radius 2 is 1.83 bits per heavy atom. The number of hydrogen-bond acceptors (Lipinski definition) is 5. The molecule has 23 heavy (non-hydrogen) atoms. The highest BCUT2D eigenvalue weighted by molar-refractivity contribution is 5.81. The summed E-state index contributed by atoms with van der Waals surface area (Å²) in [6, 6.07) is 13.1. The molecule has 0 fully saturated rings. The first-order chi connectivity index (χ1) is 11.2. The number of carbonyl (C=O) groups excluding carboxylic acids is 2. The predicted molar refractivity (Wildman–Crippen MR) is 84.9 cm³/mol. The topological polar surface area (TPSA) is 61.8 Å². The summed E-state index contributed by atoms with van der Waals surface area (Å²) < 4.78 is 15.7. The van der Waals surface area contributed by atoms with Crippen LogP contribution in [0.5, 0.6) is 11.5 Å². The van der Waals surface area contributed by atoms with Gasteiger partial charge < -0.3 is 14.2 Å². The zero-order valence-corrected chi connectivity index (χ0v) is 13.1. The van der Waals surface area contributed by atoms with Crippen molar-refractivity contribution in [3.8, 4) is 11.5 Å². The Morgan fingerprint density at radius 1 is 1.09 bits per heavy atom. The molecule has 0 bridgehead atoms. The molecule has 5 heteroatoms. The Balaban J connectivity index is 2.17. The first-order valence-electron chi connectivity index (χ1n) is 7.10. The molecule has 0 amide bonds. The van der Waals surface area contributed by atoms with Crippen LogP contribution in [-0.2, 0) is 16.1 Å². The SMILES string of the molecule is COC(=O)COc1c(C=O)ccc(OCc2ccccc2)c1C. The smallest absolute Gasteiger partial charge is 0.343 e. The summed E-state index contributed by atoms with van der Waals surface area (Å²) in [5.41, 5.74) is 2.05. The summed E-state index contributed by atoms with van der Waals surface area (Å²) in [6.07, 6.45) is 0.681. The minimum absolute atomic E-state index is 0.264. The van der Waals surface area contributed by atoms with Crippen LogP contribution in [-0.4, -0.2) is 26.0 Å². The average Bonchev–Trinajstić information content (AvgIpc) is 2.60. The maximum absolute atomic E-state index is 11.2. The third kappa shape index (κ3) is 4.32. The van der Waals surface area contributed by atoms with Gasteiger partial charge in [0.2, 0.25) is 0 Å². The van der Waals surface area contributed by atoms with Crippen molar-refractivity contribution in [2.75, 3.05) is 13.7 Å². The van der Waals surface area contributed by atoms with Crippen LogP contribution in [0.2, 0.25) is 0 Å². The molecule has 0 aliphatic heterocycles. The number of hydrogen-bond donors (Lipinski definition) is 0. The van der Waals surface area contributed by atoms with E-state index in [1.165, 1.54) is 7.11 Å². The van der Waals surface area contributed by atoms with Crippen molar-refractivity contribution < 1.29 is 23.8 Å². The number of ether oxygens (including phenoxy) is 3. The summed E-state index contributed by atoms with van der Waals surface area (Å²) >= 11 is 0. The van der Waals surface area contributed by atoms with Gasteiger partial charge in [0.25, 0.3) is 0 Å². The third-order valence-electron chi connectivity index (χ3n) is 3.31. The molecule has 0 radical (unpaired) electrons. The second kappa shape index (κ2) is 7.98. The number of benzene rings is 2. The molecule has 0 saturated heterocycles. The summed E-state index contributed by atoms with van der Waals surface area (Å²) in [5, 5.41) is 0. The van der Waals surface area contributed by atoms with E-state index in [4.69, 9.17) is 9.47 Å². The average molecular weight is 314 g/mol. The number of aldehydes is 1.